The van der Waals surface area contributed by atoms with Crippen LogP contribution in [-0.4, -0.2) is 38.0 Å². The summed E-state index contributed by atoms with van der Waals surface area (Å²) in [6.45, 7) is 9.45. The average Bonchev–Trinajstić information content (AvgIpc) is 3.57. The van der Waals surface area contributed by atoms with Gasteiger partial charge in [-0.3, -0.25) is 9.59 Å². The number of hydrogen-bond donors (Lipinski definition) is 1. The van der Waals surface area contributed by atoms with Crippen LogP contribution in [0, 0.1) is 20.8 Å². The fraction of sp³-hybridized carbons (Fsp3) is 0.370. The van der Waals surface area contributed by atoms with E-state index in [0.29, 0.717) is 27.2 Å². The molecule has 1 unspecified atom stereocenters. The second-order valence-corrected chi connectivity index (χ2v) is 10.5. The van der Waals surface area contributed by atoms with Crippen molar-refractivity contribution in [1.29, 1.82) is 0 Å². The van der Waals surface area contributed by atoms with Crippen LogP contribution in [0.5, 0.6) is 0 Å². The van der Waals surface area contributed by atoms with Crippen LogP contribution in [0.4, 0.5) is 5.00 Å². The molecule has 3 heterocycles. The summed E-state index contributed by atoms with van der Waals surface area (Å²) >= 11 is 1.40. The molecule has 4 aromatic rings. The summed E-state index contributed by atoms with van der Waals surface area (Å²) in [5, 5.41) is 12.9. The summed E-state index contributed by atoms with van der Waals surface area (Å²) in [7, 11) is 0. The minimum Gasteiger partial charge on any atom is -0.462 e. The molecule has 1 aliphatic carbocycles. The molecule has 1 amide bonds. The summed E-state index contributed by atoms with van der Waals surface area (Å²) in [6, 6.07) is 4.95. The fourth-order valence-electron chi connectivity index (χ4n) is 4.74. The number of carbonyl (C=O) groups is 2. The number of benzene rings is 1. The second-order valence-electron chi connectivity index (χ2n) is 9.37. The first-order valence-corrected chi connectivity index (χ1v) is 13.2. The number of thiophene rings is 1. The highest BCUT2D eigenvalue weighted by Gasteiger charge is 2.30. The van der Waals surface area contributed by atoms with Crippen molar-refractivity contribution in [3.05, 3.63) is 67.6 Å². The lowest BCUT2D eigenvalue weighted by Gasteiger charge is -2.16. The number of carbonyl (C=O) groups excluding carboxylic acids is 2. The van der Waals surface area contributed by atoms with E-state index in [0.717, 1.165) is 46.5 Å². The summed E-state index contributed by atoms with van der Waals surface area (Å²) in [4.78, 5) is 40.8. The Morgan fingerprint density at radius 2 is 1.97 bits per heavy atom. The van der Waals surface area contributed by atoms with E-state index in [9.17, 15) is 14.4 Å². The number of aryl methyl sites for hydroxylation is 4. The molecule has 5 rings (SSSR count). The Morgan fingerprint density at radius 1 is 1.19 bits per heavy atom. The van der Waals surface area contributed by atoms with Gasteiger partial charge in [0.05, 0.1) is 29.7 Å². The fourth-order valence-corrected chi connectivity index (χ4v) is 6.02. The Balaban J connectivity index is 1.52. The first kappa shape index (κ1) is 24.9. The number of hydrogen-bond acceptors (Lipinski definition) is 7. The zero-order valence-electron chi connectivity index (χ0n) is 21.5. The summed E-state index contributed by atoms with van der Waals surface area (Å²) in [5.41, 5.74) is 4.90. The van der Waals surface area contributed by atoms with E-state index in [1.54, 1.807) is 31.6 Å². The molecule has 1 N–H and O–H groups in total. The van der Waals surface area contributed by atoms with E-state index in [2.05, 4.69) is 15.5 Å². The second kappa shape index (κ2) is 9.59. The molecule has 3 aromatic heterocycles. The SMILES string of the molecule is CCOC(=O)c1c(NC(=O)C(C)n2nc(C)c3cnn(-c4ccc(C)c(C)c4)c3c2=O)sc2c1CCC2. The molecule has 1 aliphatic rings. The van der Waals surface area contributed by atoms with E-state index >= 15 is 0 Å². The van der Waals surface area contributed by atoms with E-state index in [1.807, 2.05) is 32.0 Å². The molecule has 0 saturated heterocycles. The number of nitrogens with zero attached hydrogens (tertiary/aromatic N) is 4. The maximum atomic E-state index is 13.6. The number of nitrogens with one attached hydrogen (secondary N) is 1. The molecule has 0 spiro atoms. The quantitative estimate of drug-likeness (QED) is 0.378. The highest BCUT2D eigenvalue weighted by molar-refractivity contribution is 7.17. The van der Waals surface area contributed by atoms with Crippen LogP contribution in [0.2, 0.25) is 0 Å². The topological polar surface area (TPSA) is 108 Å². The lowest BCUT2D eigenvalue weighted by molar-refractivity contribution is -0.119. The molecule has 10 heteroatoms. The van der Waals surface area contributed by atoms with E-state index < -0.39 is 23.5 Å². The maximum absolute atomic E-state index is 13.6. The Labute approximate surface area is 218 Å². The van der Waals surface area contributed by atoms with E-state index in [1.165, 1.54) is 16.0 Å². The number of anilines is 1. The van der Waals surface area contributed by atoms with Crippen molar-refractivity contribution < 1.29 is 14.3 Å². The Hall–Kier alpha value is -3.79. The van der Waals surface area contributed by atoms with Gasteiger partial charge in [0.25, 0.3) is 5.56 Å². The van der Waals surface area contributed by atoms with E-state index in [4.69, 9.17) is 4.74 Å². The van der Waals surface area contributed by atoms with Crippen molar-refractivity contribution in [3.8, 4) is 5.69 Å². The summed E-state index contributed by atoms with van der Waals surface area (Å²) in [6.07, 6.45) is 4.26. The molecule has 1 aromatic carbocycles. The Morgan fingerprint density at radius 3 is 2.70 bits per heavy atom. The Kier molecular flexibility index (Phi) is 6.45. The van der Waals surface area contributed by atoms with Gasteiger partial charge in [0.1, 0.15) is 16.6 Å². The molecule has 0 fully saturated rings. The van der Waals surface area contributed by atoms with Crippen LogP contribution >= 0.6 is 11.3 Å². The third-order valence-corrected chi connectivity index (χ3v) is 8.15. The number of ether oxygens (including phenoxy) is 1. The normalized spacial score (nSPS) is 13.5. The van der Waals surface area contributed by atoms with Crippen LogP contribution in [0.15, 0.2) is 29.2 Å². The van der Waals surface area contributed by atoms with Crippen molar-refractivity contribution in [2.45, 2.75) is 59.9 Å². The van der Waals surface area contributed by atoms with Crippen molar-refractivity contribution in [1.82, 2.24) is 19.6 Å². The molecule has 1 atom stereocenters. The zero-order chi connectivity index (χ0) is 26.4. The van der Waals surface area contributed by atoms with Crippen molar-refractivity contribution in [3.63, 3.8) is 0 Å². The minimum atomic E-state index is -0.925. The number of esters is 1. The van der Waals surface area contributed by atoms with Crippen LogP contribution in [0.3, 0.4) is 0 Å². The zero-order valence-corrected chi connectivity index (χ0v) is 22.4. The molecule has 9 nitrogen and oxygen atoms in total. The van der Waals surface area contributed by atoms with Crippen LogP contribution in [0.25, 0.3) is 16.6 Å². The van der Waals surface area contributed by atoms with Crippen LogP contribution < -0.4 is 10.9 Å². The lowest BCUT2D eigenvalue weighted by Crippen LogP contribution is -2.34. The third-order valence-electron chi connectivity index (χ3n) is 6.95. The number of amides is 1. The Bertz CT molecular complexity index is 1610. The van der Waals surface area contributed by atoms with Gasteiger partial charge >= 0.3 is 5.97 Å². The van der Waals surface area contributed by atoms with Gasteiger partial charge in [-0.1, -0.05) is 6.07 Å². The first-order valence-electron chi connectivity index (χ1n) is 12.4. The van der Waals surface area contributed by atoms with Gasteiger partial charge in [-0.25, -0.2) is 14.2 Å². The largest absolute Gasteiger partial charge is 0.462 e. The first-order chi connectivity index (χ1) is 17.7. The molecule has 0 aliphatic heterocycles. The van der Waals surface area contributed by atoms with Gasteiger partial charge in [-0.15, -0.1) is 11.3 Å². The molecule has 0 radical (unpaired) electrons. The molecule has 0 bridgehead atoms. The summed E-state index contributed by atoms with van der Waals surface area (Å²) < 4.78 is 8.05. The maximum Gasteiger partial charge on any atom is 0.341 e. The molecular formula is C27H29N5O4S. The average molecular weight is 520 g/mol. The third kappa shape index (κ3) is 4.25. The van der Waals surface area contributed by atoms with Gasteiger partial charge in [-0.2, -0.15) is 10.2 Å². The molecule has 0 saturated carbocycles. The summed E-state index contributed by atoms with van der Waals surface area (Å²) in [5.74, 6) is -0.870. The predicted octanol–water partition coefficient (Wildman–Crippen LogP) is 4.43. The highest BCUT2D eigenvalue weighted by atomic mass is 32.1. The van der Waals surface area contributed by atoms with Crippen molar-refractivity contribution >= 4 is 39.1 Å². The van der Waals surface area contributed by atoms with Crippen molar-refractivity contribution in [2.24, 2.45) is 0 Å². The van der Waals surface area contributed by atoms with E-state index in [-0.39, 0.29) is 6.61 Å². The van der Waals surface area contributed by atoms with Crippen LogP contribution in [-0.2, 0) is 22.4 Å². The van der Waals surface area contributed by atoms with Gasteiger partial charge in [0.15, 0.2) is 0 Å². The number of fused-ring (bicyclic) bond motifs is 2. The smallest absolute Gasteiger partial charge is 0.341 e. The van der Waals surface area contributed by atoms with Gasteiger partial charge in [0.2, 0.25) is 5.91 Å². The van der Waals surface area contributed by atoms with Gasteiger partial charge < -0.3 is 10.1 Å². The van der Waals surface area contributed by atoms with Crippen molar-refractivity contribution in [2.75, 3.05) is 11.9 Å². The van der Waals surface area contributed by atoms with Gasteiger partial charge in [0, 0.05) is 10.3 Å². The number of rotatable bonds is 6. The molecule has 192 valence electrons. The predicted molar refractivity (Wildman–Crippen MR) is 143 cm³/mol. The number of aromatic nitrogens is 4. The van der Waals surface area contributed by atoms with Gasteiger partial charge in [-0.05, 0) is 82.7 Å². The monoisotopic (exact) mass is 519 g/mol. The standard InChI is InChI=1S/C27H29N5O4S/c1-6-36-27(35)22-19-8-7-9-21(19)37-25(22)29-24(33)17(5)31-26(34)23-20(16(4)30-31)13-28-32(23)18-11-10-14(2)15(3)12-18/h10-13,17H,6-9H2,1-5H3,(H,29,33). The highest BCUT2D eigenvalue weighted by Crippen LogP contribution is 2.39. The lowest BCUT2D eigenvalue weighted by atomic mass is 10.1. The van der Waals surface area contributed by atoms with Crippen LogP contribution in [0.1, 0.15) is 63.9 Å². The molecular weight excluding hydrogens is 490 g/mol. The minimum absolute atomic E-state index is 0.250. The molecule has 37 heavy (non-hydrogen) atoms.